The summed E-state index contributed by atoms with van der Waals surface area (Å²) >= 11 is 0. The summed E-state index contributed by atoms with van der Waals surface area (Å²) in [4.78, 5) is 11.9. The summed E-state index contributed by atoms with van der Waals surface area (Å²) in [5.74, 6) is 0.0300. The molecule has 1 aromatic rings. The Morgan fingerprint density at radius 1 is 1.29 bits per heavy atom. The Bertz CT molecular complexity index is 380. The minimum atomic E-state index is -0.381. The van der Waals surface area contributed by atoms with Crippen molar-refractivity contribution in [1.82, 2.24) is 0 Å². The molecule has 0 aliphatic heterocycles. The molecule has 3 heteroatoms. The third-order valence-electron chi connectivity index (χ3n) is 2.52. The van der Waals surface area contributed by atoms with Crippen molar-refractivity contribution in [2.24, 2.45) is 5.41 Å². The van der Waals surface area contributed by atoms with Crippen LogP contribution in [0.1, 0.15) is 26.3 Å². The van der Waals surface area contributed by atoms with E-state index in [4.69, 9.17) is 4.74 Å². The molecule has 0 bridgehead atoms. The van der Waals surface area contributed by atoms with Crippen LogP contribution in [0.4, 0.5) is 5.69 Å². The van der Waals surface area contributed by atoms with Gasteiger partial charge in [0.2, 0.25) is 5.91 Å². The first kappa shape index (κ1) is 13.7. The monoisotopic (exact) mass is 235 g/mol. The molecule has 3 nitrogen and oxygen atoms in total. The van der Waals surface area contributed by atoms with Gasteiger partial charge in [0.25, 0.3) is 0 Å². The largest absolute Gasteiger partial charge is 0.384 e. The predicted molar refractivity (Wildman–Crippen MR) is 70.1 cm³/mol. The molecule has 1 amide bonds. The minimum Gasteiger partial charge on any atom is -0.384 e. The topological polar surface area (TPSA) is 38.3 Å². The van der Waals surface area contributed by atoms with Crippen LogP contribution < -0.4 is 5.32 Å². The molecule has 0 spiro atoms. The van der Waals surface area contributed by atoms with E-state index in [1.54, 1.807) is 7.11 Å². The molecule has 0 saturated heterocycles. The second-order valence-electron chi connectivity index (χ2n) is 5.10. The van der Waals surface area contributed by atoms with E-state index in [1.807, 2.05) is 45.0 Å². The van der Waals surface area contributed by atoms with Gasteiger partial charge in [-0.1, -0.05) is 39.0 Å². The zero-order valence-electron chi connectivity index (χ0n) is 11.0. The van der Waals surface area contributed by atoms with E-state index in [9.17, 15) is 4.79 Å². The van der Waals surface area contributed by atoms with E-state index in [0.717, 1.165) is 17.7 Å². The molecule has 0 radical (unpaired) electrons. The maximum Gasteiger partial charge on any atom is 0.229 e. The number of amides is 1. The van der Waals surface area contributed by atoms with E-state index >= 15 is 0 Å². The van der Waals surface area contributed by atoms with Crippen LogP contribution in [0.25, 0.3) is 0 Å². The molecule has 0 saturated carbocycles. The van der Waals surface area contributed by atoms with Crippen LogP contribution in [0.2, 0.25) is 0 Å². The van der Waals surface area contributed by atoms with Gasteiger partial charge in [-0.25, -0.2) is 0 Å². The van der Waals surface area contributed by atoms with Gasteiger partial charge in [-0.2, -0.15) is 0 Å². The minimum absolute atomic E-state index is 0.0300. The number of benzene rings is 1. The summed E-state index contributed by atoms with van der Waals surface area (Å²) in [5.41, 5.74) is 1.60. The van der Waals surface area contributed by atoms with Crippen molar-refractivity contribution in [2.45, 2.75) is 27.2 Å². The lowest BCUT2D eigenvalue weighted by molar-refractivity contribution is -0.123. The van der Waals surface area contributed by atoms with Crippen LogP contribution >= 0.6 is 0 Å². The van der Waals surface area contributed by atoms with Crippen LogP contribution in [0.5, 0.6) is 0 Å². The van der Waals surface area contributed by atoms with Crippen LogP contribution in [-0.4, -0.2) is 19.6 Å². The number of nitrogens with one attached hydrogen (secondary N) is 1. The van der Waals surface area contributed by atoms with Gasteiger partial charge in [0.15, 0.2) is 0 Å². The second kappa shape index (κ2) is 5.82. The number of hydrogen-bond acceptors (Lipinski definition) is 2. The number of carbonyl (C=O) groups excluding carboxylic acids is 1. The van der Waals surface area contributed by atoms with Crippen molar-refractivity contribution < 1.29 is 9.53 Å². The smallest absolute Gasteiger partial charge is 0.229 e. The molecule has 1 aromatic carbocycles. The van der Waals surface area contributed by atoms with Gasteiger partial charge in [-0.05, 0) is 18.1 Å². The zero-order valence-corrected chi connectivity index (χ0v) is 11.0. The van der Waals surface area contributed by atoms with E-state index in [0.29, 0.717) is 6.61 Å². The summed E-state index contributed by atoms with van der Waals surface area (Å²) < 4.78 is 5.06. The summed E-state index contributed by atoms with van der Waals surface area (Å²) in [6.07, 6.45) is 0.803. The van der Waals surface area contributed by atoms with Crippen LogP contribution in [-0.2, 0) is 16.0 Å². The lowest BCUT2D eigenvalue weighted by atomic mass is 9.95. The Hall–Kier alpha value is -1.35. The highest BCUT2D eigenvalue weighted by Gasteiger charge is 2.21. The van der Waals surface area contributed by atoms with Gasteiger partial charge in [0, 0.05) is 18.2 Å². The molecule has 0 aliphatic carbocycles. The number of carbonyl (C=O) groups is 1. The quantitative estimate of drug-likeness (QED) is 0.871. The fraction of sp³-hybridized carbons (Fsp3) is 0.500. The Kier molecular flexibility index (Phi) is 4.70. The first-order chi connectivity index (χ1) is 7.95. The number of hydrogen-bond donors (Lipinski definition) is 1. The number of ether oxygens (including phenoxy) is 1. The van der Waals surface area contributed by atoms with Gasteiger partial charge in [-0.3, -0.25) is 4.79 Å². The highest BCUT2D eigenvalue weighted by molar-refractivity contribution is 5.95. The van der Waals surface area contributed by atoms with Crippen molar-refractivity contribution in [1.29, 1.82) is 0 Å². The average Bonchev–Trinajstić information content (AvgIpc) is 2.26. The van der Waals surface area contributed by atoms with Gasteiger partial charge in [0.05, 0.1) is 6.61 Å². The first-order valence-corrected chi connectivity index (χ1v) is 5.83. The number of para-hydroxylation sites is 1. The highest BCUT2D eigenvalue weighted by Crippen LogP contribution is 2.20. The predicted octanol–water partition coefficient (Wildman–Crippen LogP) is 2.86. The molecular formula is C14H21NO2. The lowest BCUT2D eigenvalue weighted by Gasteiger charge is -2.19. The molecule has 1 N–H and O–H groups in total. The van der Waals surface area contributed by atoms with Gasteiger partial charge >= 0.3 is 0 Å². The molecule has 94 valence electrons. The fourth-order valence-corrected chi connectivity index (χ4v) is 1.38. The molecule has 17 heavy (non-hydrogen) atoms. The molecule has 0 unspecified atom stereocenters. The van der Waals surface area contributed by atoms with Crippen molar-refractivity contribution >= 4 is 11.6 Å². The first-order valence-electron chi connectivity index (χ1n) is 5.83. The average molecular weight is 235 g/mol. The summed E-state index contributed by atoms with van der Waals surface area (Å²) in [5, 5.41) is 2.96. The number of anilines is 1. The van der Waals surface area contributed by atoms with Crippen molar-refractivity contribution in [2.75, 3.05) is 19.0 Å². The van der Waals surface area contributed by atoms with Crippen molar-refractivity contribution in [3.63, 3.8) is 0 Å². The molecule has 0 aliphatic rings. The fourth-order valence-electron chi connectivity index (χ4n) is 1.38. The Labute approximate surface area is 103 Å². The molecule has 1 rings (SSSR count). The third kappa shape index (κ3) is 4.19. The van der Waals surface area contributed by atoms with Crippen molar-refractivity contribution in [3.05, 3.63) is 29.8 Å². The van der Waals surface area contributed by atoms with Crippen LogP contribution in [0.15, 0.2) is 24.3 Å². The molecule has 0 heterocycles. The Morgan fingerprint density at radius 3 is 2.53 bits per heavy atom. The zero-order chi connectivity index (χ0) is 12.9. The molecule has 0 fully saturated rings. The van der Waals surface area contributed by atoms with E-state index in [-0.39, 0.29) is 11.3 Å². The SMILES string of the molecule is COCCc1ccccc1NC(=O)C(C)(C)C. The van der Waals surface area contributed by atoms with Gasteiger partial charge in [-0.15, -0.1) is 0 Å². The van der Waals surface area contributed by atoms with Crippen LogP contribution in [0, 0.1) is 5.41 Å². The van der Waals surface area contributed by atoms with Gasteiger partial charge in [0.1, 0.15) is 0 Å². The summed E-state index contributed by atoms with van der Waals surface area (Å²) in [6, 6.07) is 7.83. The standard InChI is InChI=1S/C14H21NO2/c1-14(2,3)13(16)15-12-8-6-5-7-11(12)9-10-17-4/h5-8H,9-10H2,1-4H3,(H,15,16). The molecule has 0 atom stereocenters. The van der Waals surface area contributed by atoms with Gasteiger partial charge < -0.3 is 10.1 Å². The van der Waals surface area contributed by atoms with E-state index in [2.05, 4.69) is 5.32 Å². The maximum absolute atomic E-state index is 11.9. The lowest BCUT2D eigenvalue weighted by Crippen LogP contribution is -2.28. The summed E-state index contributed by atoms with van der Waals surface area (Å²) in [6.45, 7) is 6.36. The molecular weight excluding hydrogens is 214 g/mol. The Morgan fingerprint density at radius 2 is 1.94 bits per heavy atom. The Balaban J connectivity index is 2.80. The number of methoxy groups -OCH3 is 1. The summed E-state index contributed by atoms with van der Waals surface area (Å²) in [7, 11) is 1.68. The third-order valence-corrected chi connectivity index (χ3v) is 2.52. The van der Waals surface area contributed by atoms with Crippen LogP contribution in [0.3, 0.4) is 0 Å². The van der Waals surface area contributed by atoms with E-state index < -0.39 is 0 Å². The van der Waals surface area contributed by atoms with Crippen molar-refractivity contribution in [3.8, 4) is 0 Å². The highest BCUT2D eigenvalue weighted by atomic mass is 16.5. The number of rotatable bonds is 4. The van der Waals surface area contributed by atoms with E-state index in [1.165, 1.54) is 0 Å². The maximum atomic E-state index is 11.9. The normalized spacial score (nSPS) is 11.3. The second-order valence-corrected chi connectivity index (χ2v) is 5.10. The molecule has 0 aromatic heterocycles.